The molecule has 12 atom stereocenters. The fourth-order valence-electron chi connectivity index (χ4n) is 7.15. The van der Waals surface area contributed by atoms with Gasteiger partial charge in [-0.2, -0.15) is 0 Å². The number of ether oxygens (including phenoxy) is 4. The van der Waals surface area contributed by atoms with Gasteiger partial charge in [0, 0.05) is 43.8 Å². The van der Waals surface area contributed by atoms with E-state index in [4.69, 9.17) is 18.9 Å². The molecule has 1 spiro atoms. The van der Waals surface area contributed by atoms with Crippen LogP contribution in [-0.4, -0.2) is 84.8 Å². The van der Waals surface area contributed by atoms with Crippen molar-refractivity contribution in [3.05, 3.63) is 23.8 Å². The topological polar surface area (TPSA) is 115 Å². The zero-order valence-electron chi connectivity index (χ0n) is 20.8. The molecule has 34 heavy (non-hydrogen) atoms. The number of esters is 1. The summed E-state index contributed by atoms with van der Waals surface area (Å²) in [4.78, 5) is 13.5. The molecule has 4 aliphatic rings. The molecule has 1 saturated carbocycles. The van der Waals surface area contributed by atoms with Crippen molar-refractivity contribution in [2.24, 2.45) is 35.5 Å². The summed E-state index contributed by atoms with van der Waals surface area (Å²) in [5.74, 6) is -2.70. The molecule has 0 unspecified atom stereocenters. The lowest BCUT2D eigenvalue weighted by Crippen LogP contribution is -2.58. The van der Waals surface area contributed by atoms with Gasteiger partial charge in [0.1, 0.15) is 17.8 Å². The molecular weight excluding hydrogens is 440 g/mol. The summed E-state index contributed by atoms with van der Waals surface area (Å²) in [5.41, 5.74) is -0.103. The summed E-state index contributed by atoms with van der Waals surface area (Å²) < 4.78 is 23.3. The van der Waals surface area contributed by atoms with E-state index in [1.54, 1.807) is 0 Å². The van der Waals surface area contributed by atoms with E-state index in [1.807, 2.05) is 39.0 Å². The van der Waals surface area contributed by atoms with Crippen molar-refractivity contribution < 1.29 is 39.1 Å². The minimum atomic E-state index is -0.998. The van der Waals surface area contributed by atoms with Crippen molar-refractivity contribution >= 4 is 5.97 Å². The highest BCUT2D eigenvalue weighted by Gasteiger charge is 2.69. The Morgan fingerprint density at radius 1 is 1.18 bits per heavy atom. The monoisotopic (exact) mass is 480 g/mol. The molecule has 2 aliphatic carbocycles. The van der Waals surface area contributed by atoms with E-state index in [9.17, 15) is 20.1 Å². The Balaban J connectivity index is 1.85. The molecule has 0 aromatic carbocycles. The second-order valence-electron chi connectivity index (χ2n) is 10.5. The first-order valence-corrected chi connectivity index (χ1v) is 12.5. The highest BCUT2D eigenvalue weighted by molar-refractivity contribution is 5.74. The fourth-order valence-corrected chi connectivity index (χ4v) is 7.15. The summed E-state index contributed by atoms with van der Waals surface area (Å²) >= 11 is 0. The van der Waals surface area contributed by atoms with Crippen LogP contribution in [0.25, 0.3) is 0 Å². The van der Waals surface area contributed by atoms with E-state index in [2.05, 4.69) is 0 Å². The van der Waals surface area contributed by atoms with Crippen LogP contribution in [0.4, 0.5) is 0 Å². The Morgan fingerprint density at radius 2 is 1.91 bits per heavy atom. The van der Waals surface area contributed by atoms with Gasteiger partial charge in [-0.3, -0.25) is 4.79 Å². The number of carbonyl (C=O) groups is 1. The minimum absolute atomic E-state index is 0.0332. The summed E-state index contributed by atoms with van der Waals surface area (Å²) in [7, 11) is 3.03. The van der Waals surface area contributed by atoms with Gasteiger partial charge >= 0.3 is 5.97 Å². The average molecular weight is 481 g/mol. The summed E-state index contributed by atoms with van der Waals surface area (Å²) in [6, 6.07) is 0. The molecule has 4 rings (SSSR count). The second kappa shape index (κ2) is 9.99. The maximum absolute atomic E-state index is 13.5. The molecule has 192 valence electrons. The van der Waals surface area contributed by atoms with Crippen molar-refractivity contribution in [2.45, 2.75) is 69.7 Å². The molecule has 2 fully saturated rings. The molecule has 1 saturated heterocycles. The number of hydrogen-bond donors (Lipinski definition) is 3. The van der Waals surface area contributed by atoms with E-state index in [0.717, 1.165) is 12.0 Å². The van der Waals surface area contributed by atoms with Crippen molar-refractivity contribution in [1.29, 1.82) is 0 Å². The Hall–Kier alpha value is -1.29. The third-order valence-corrected chi connectivity index (χ3v) is 8.56. The van der Waals surface area contributed by atoms with Crippen molar-refractivity contribution in [2.75, 3.05) is 27.4 Å². The zero-order valence-corrected chi connectivity index (χ0v) is 20.8. The van der Waals surface area contributed by atoms with E-state index in [-0.39, 0.29) is 36.9 Å². The molecule has 3 N–H and O–H groups in total. The molecule has 0 aromatic heterocycles. The van der Waals surface area contributed by atoms with Crippen LogP contribution in [0.5, 0.6) is 0 Å². The third-order valence-electron chi connectivity index (χ3n) is 8.56. The number of carbonyl (C=O) groups excluding carboxylic acids is 1. The molecule has 2 heterocycles. The molecule has 2 aliphatic heterocycles. The van der Waals surface area contributed by atoms with Crippen LogP contribution in [0.1, 0.15) is 33.6 Å². The zero-order chi connectivity index (χ0) is 24.8. The SMILES string of the molecule is CCC[C@H]1[C@@H](O)[C@@H]2O[C@@]34/C(C)=C/[C@@H](C)[C@@H]([C@@H](O)COC)OC(=O)[C@H](COC)[C@H]3C=C[C@@H]2[C@H]4[C@@H]1O. The standard InChI is InChI=1S/C26H40O8/c1-6-7-16-21(28)20-15-8-9-18-17(11-31-4)25(30)33-23(19(27)12-32-5)13(2)10-14(3)26(18,20)34-24(15)22(16)29/h8-10,13,15-24,27-29H,6-7,11-12H2,1-5H3/b14-10+/t13-,15-,16-,17-,18-,19+,20+,21-,22-,23+,24-,26+/m1/s1. The molecule has 0 radical (unpaired) electrons. The average Bonchev–Trinajstić information content (AvgIpc) is 3.00. The van der Waals surface area contributed by atoms with Gasteiger partial charge in [-0.15, -0.1) is 0 Å². The Bertz CT molecular complexity index is 811. The number of rotatable bonds is 7. The maximum Gasteiger partial charge on any atom is 0.312 e. The molecule has 8 nitrogen and oxygen atoms in total. The lowest BCUT2D eigenvalue weighted by Gasteiger charge is -2.49. The lowest BCUT2D eigenvalue weighted by molar-refractivity contribution is -0.173. The molecular formula is C26H40O8. The van der Waals surface area contributed by atoms with Crippen LogP contribution in [0.2, 0.25) is 0 Å². The van der Waals surface area contributed by atoms with Gasteiger partial charge in [-0.05, 0) is 18.9 Å². The summed E-state index contributed by atoms with van der Waals surface area (Å²) in [5, 5.41) is 33.5. The minimum Gasteiger partial charge on any atom is -0.459 e. The predicted octanol–water partition coefficient (Wildman–Crippen LogP) is 1.47. The van der Waals surface area contributed by atoms with Gasteiger partial charge in [0.15, 0.2) is 0 Å². The number of methoxy groups -OCH3 is 2. The molecule has 0 amide bonds. The van der Waals surface area contributed by atoms with Crippen LogP contribution in [0.3, 0.4) is 0 Å². The normalized spacial score (nSPS) is 48.1. The van der Waals surface area contributed by atoms with Crippen LogP contribution in [0.15, 0.2) is 23.8 Å². The van der Waals surface area contributed by atoms with E-state index in [1.165, 1.54) is 14.2 Å². The maximum atomic E-state index is 13.5. The quantitative estimate of drug-likeness (QED) is 0.371. The van der Waals surface area contributed by atoms with Gasteiger partial charge in [0.05, 0.1) is 37.4 Å². The highest BCUT2D eigenvalue weighted by Crippen LogP contribution is 2.61. The van der Waals surface area contributed by atoms with E-state index >= 15 is 0 Å². The molecule has 0 aromatic rings. The van der Waals surface area contributed by atoms with E-state index < -0.39 is 53.9 Å². The first-order valence-electron chi connectivity index (χ1n) is 12.5. The van der Waals surface area contributed by atoms with Gasteiger partial charge in [-0.1, -0.05) is 38.5 Å². The summed E-state index contributed by atoms with van der Waals surface area (Å²) in [6.45, 7) is 6.04. The fraction of sp³-hybridized carbons (Fsp3) is 0.808. The Kier molecular flexibility index (Phi) is 7.58. The van der Waals surface area contributed by atoms with Crippen molar-refractivity contribution in [3.63, 3.8) is 0 Å². The second-order valence-corrected chi connectivity index (χ2v) is 10.5. The van der Waals surface area contributed by atoms with Crippen molar-refractivity contribution in [3.8, 4) is 0 Å². The first kappa shape index (κ1) is 25.8. The number of aliphatic hydroxyl groups is 3. The van der Waals surface area contributed by atoms with Crippen LogP contribution in [0, 0.1) is 35.5 Å². The van der Waals surface area contributed by atoms with Crippen molar-refractivity contribution in [1.82, 2.24) is 0 Å². The Labute approximate surface area is 201 Å². The Morgan fingerprint density at radius 3 is 2.56 bits per heavy atom. The third kappa shape index (κ3) is 3.87. The van der Waals surface area contributed by atoms with Gasteiger partial charge in [-0.25, -0.2) is 0 Å². The predicted molar refractivity (Wildman–Crippen MR) is 124 cm³/mol. The number of hydrogen-bond acceptors (Lipinski definition) is 8. The van der Waals surface area contributed by atoms with Crippen LogP contribution < -0.4 is 0 Å². The first-order chi connectivity index (χ1) is 16.2. The summed E-state index contributed by atoms with van der Waals surface area (Å²) in [6.07, 6.45) is 3.69. The van der Waals surface area contributed by atoms with Gasteiger partial charge in [0.25, 0.3) is 0 Å². The number of aliphatic hydroxyl groups excluding tert-OH is 3. The highest BCUT2D eigenvalue weighted by atomic mass is 16.6. The lowest BCUT2D eigenvalue weighted by atomic mass is 9.56. The van der Waals surface area contributed by atoms with Gasteiger partial charge in [0.2, 0.25) is 0 Å². The molecule has 4 bridgehead atoms. The number of cyclic esters (lactones) is 1. The molecule has 8 heteroatoms. The van der Waals surface area contributed by atoms with E-state index in [0.29, 0.717) is 6.42 Å². The largest absolute Gasteiger partial charge is 0.459 e. The van der Waals surface area contributed by atoms with Crippen LogP contribution >= 0.6 is 0 Å². The van der Waals surface area contributed by atoms with Crippen LogP contribution in [-0.2, 0) is 23.7 Å². The smallest absolute Gasteiger partial charge is 0.312 e. The van der Waals surface area contributed by atoms with Gasteiger partial charge < -0.3 is 34.3 Å².